The number of likely N-dealkylation sites (tertiary alicyclic amines) is 1. The molecule has 0 N–H and O–H groups in total. The van der Waals surface area contributed by atoms with Crippen LogP contribution in [0.1, 0.15) is 33.6 Å². The van der Waals surface area contributed by atoms with Crippen molar-refractivity contribution < 1.29 is 9.59 Å². The summed E-state index contributed by atoms with van der Waals surface area (Å²) in [6.45, 7) is 1.03. The number of amides is 1. The summed E-state index contributed by atoms with van der Waals surface area (Å²) in [4.78, 5) is 43.9. The van der Waals surface area contributed by atoms with Gasteiger partial charge < -0.3 is 4.90 Å². The number of hydrogen-bond acceptors (Lipinski definition) is 6. The molecule has 7 nitrogen and oxygen atoms in total. The van der Waals surface area contributed by atoms with E-state index in [1.54, 1.807) is 41.8 Å². The van der Waals surface area contributed by atoms with Crippen molar-refractivity contribution in [3.8, 4) is 11.4 Å². The molecular formula is C21H19N5O2. The highest BCUT2D eigenvalue weighted by Crippen LogP contribution is 2.22. The van der Waals surface area contributed by atoms with Crippen LogP contribution in [0.2, 0.25) is 0 Å². The van der Waals surface area contributed by atoms with Crippen LogP contribution in [-0.4, -0.2) is 49.6 Å². The number of ketones is 1. The fraction of sp³-hybridized carbons (Fsp3) is 0.238. The van der Waals surface area contributed by atoms with Gasteiger partial charge >= 0.3 is 0 Å². The van der Waals surface area contributed by atoms with E-state index in [-0.39, 0.29) is 17.6 Å². The number of carbonyl (C=O) groups excluding carboxylic acids is 2. The molecule has 0 aliphatic carbocycles. The molecule has 140 valence electrons. The van der Waals surface area contributed by atoms with Gasteiger partial charge in [0.05, 0.1) is 5.56 Å². The summed E-state index contributed by atoms with van der Waals surface area (Å²) in [6.07, 6.45) is 11.2. The Morgan fingerprint density at radius 3 is 2.43 bits per heavy atom. The van der Waals surface area contributed by atoms with Crippen LogP contribution < -0.4 is 0 Å². The molecule has 3 aromatic heterocycles. The monoisotopic (exact) mass is 373 g/mol. The standard InChI is InChI=1S/C21H19N5O2/c27-19(16-3-1-7-23-11-16)17-4-2-10-26(14-17)21(28)18-12-24-20(25-13-18)15-5-8-22-9-6-15/h1,3,5-9,11-13,17H,2,4,10,14H2/t17-/m1/s1. The van der Waals surface area contributed by atoms with E-state index in [1.165, 1.54) is 12.4 Å². The number of piperidine rings is 1. The molecule has 1 fully saturated rings. The molecule has 1 atom stereocenters. The zero-order valence-corrected chi connectivity index (χ0v) is 15.2. The van der Waals surface area contributed by atoms with Gasteiger partial charge in [0.25, 0.3) is 5.91 Å². The van der Waals surface area contributed by atoms with Crippen LogP contribution in [0, 0.1) is 5.92 Å². The maximum absolute atomic E-state index is 12.9. The number of aromatic nitrogens is 4. The molecule has 3 aromatic rings. The lowest BCUT2D eigenvalue weighted by atomic mass is 9.90. The second kappa shape index (κ2) is 8.04. The van der Waals surface area contributed by atoms with Gasteiger partial charge in [-0.15, -0.1) is 0 Å². The third-order valence-electron chi connectivity index (χ3n) is 4.86. The molecular weight excluding hydrogens is 354 g/mol. The second-order valence-electron chi connectivity index (χ2n) is 6.73. The fourth-order valence-electron chi connectivity index (χ4n) is 3.39. The van der Waals surface area contributed by atoms with Crippen LogP contribution in [-0.2, 0) is 0 Å². The first kappa shape index (κ1) is 17.9. The van der Waals surface area contributed by atoms with E-state index in [1.807, 2.05) is 12.1 Å². The Balaban J connectivity index is 1.46. The quantitative estimate of drug-likeness (QED) is 0.653. The molecule has 28 heavy (non-hydrogen) atoms. The molecule has 1 aliphatic rings. The van der Waals surface area contributed by atoms with Gasteiger partial charge in [0.2, 0.25) is 0 Å². The Bertz CT molecular complexity index is 961. The van der Waals surface area contributed by atoms with E-state index in [0.717, 1.165) is 18.4 Å². The first-order valence-electron chi connectivity index (χ1n) is 9.18. The molecule has 0 radical (unpaired) electrons. The Morgan fingerprint density at radius 2 is 1.71 bits per heavy atom. The maximum atomic E-state index is 12.9. The highest BCUT2D eigenvalue weighted by molar-refractivity contribution is 5.99. The van der Waals surface area contributed by atoms with E-state index in [0.29, 0.717) is 30.0 Å². The van der Waals surface area contributed by atoms with E-state index < -0.39 is 0 Å². The molecule has 0 bridgehead atoms. The van der Waals surface area contributed by atoms with E-state index in [2.05, 4.69) is 19.9 Å². The lowest BCUT2D eigenvalue weighted by Crippen LogP contribution is -2.42. The summed E-state index contributed by atoms with van der Waals surface area (Å²) in [5, 5.41) is 0. The van der Waals surface area contributed by atoms with E-state index >= 15 is 0 Å². The lowest BCUT2D eigenvalue weighted by Gasteiger charge is -2.32. The Kier molecular flexibility index (Phi) is 5.14. The summed E-state index contributed by atoms with van der Waals surface area (Å²) in [7, 11) is 0. The van der Waals surface area contributed by atoms with E-state index in [9.17, 15) is 9.59 Å². The molecule has 0 unspecified atom stereocenters. The normalized spacial score (nSPS) is 16.6. The Morgan fingerprint density at radius 1 is 0.929 bits per heavy atom. The van der Waals surface area contributed by atoms with Gasteiger partial charge in [-0.05, 0) is 37.1 Å². The predicted molar refractivity (Wildman–Crippen MR) is 102 cm³/mol. The Labute approximate surface area is 162 Å². The number of pyridine rings is 2. The topological polar surface area (TPSA) is 88.9 Å². The predicted octanol–water partition coefficient (Wildman–Crippen LogP) is 2.67. The number of rotatable bonds is 4. The number of Topliss-reactive ketones (excluding diaryl/α,β-unsaturated/α-hetero) is 1. The largest absolute Gasteiger partial charge is 0.338 e. The fourth-order valence-corrected chi connectivity index (χ4v) is 3.39. The minimum Gasteiger partial charge on any atom is -0.338 e. The summed E-state index contributed by atoms with van der Waals surface area (Å²) in [6, 6.07) is 7.15. The van der Waals surface area contributed by atoms with Gasteiger partial charge in [0.1, 0.15) is 0 Å². The van der Waals surface area contributed by atoms with Gasteiger partial charge in [-0.25, -0.2) is 9.97 Å². The van der Waals surface area contributed by atoms with Crippen molar-refractivity contribution in [1.82, 2.24) is 24.8 Å². The van der Waals surface area contributed by atoms with Crippen molar-refractivity contribution in [1.29, 1.82) is 0 Å². The minimum absolute atomic E-state index is 0.0369. The summed E-state index contributed by atoms with van der Waals surface area (Å²) < 4.78 is 0. The highest BCUT2D eigenvalue weighted by Gasteiger charge is 2.29. The Hall–Kier alpha value is -3.48. The van der Waals surface area contributed by atoms with Crippen LogP contribution in [0.15, 0.2) is 61.4 Å². The van der Waals surface area contributed by atoms with Crippen LogP contribution in [0.3, 0.4) is 0 Å². The van der Waals surface area contributed by atoms with Gasteiger partial charge in [-0.3, -0.25) is 19.6 Å². The first-order chi connectivity index (χ1) is 13.7. The third kappa shape index (κ3) is 3.78. The zero-order chi connectivity index (χ0) is 19.3. The molecule has 1 saturated heterocycles. The molecule has 7 heteroatoms. The van der Waals surface area contributed by atoms with E-state index in [4.69, 9.17) is 0 Å². The van der Waals surface area contributed by atoms with Crippen molar-refractivity contribution in [2.75, 3.05) is 13.1 Å². The van der Waals surface area contributed by atoms with Gasteiger partial charge in [0.15, 0.2) is 11.6 Å². The minimum atomic E-state index is -0.209. The van der Waals surface area contributed by atoms with Crippen LogP contribution >= 0.6 is 0 Å². The summed E-state index contributed by atoms with van der Waals surface area (Å²) in [5.74, 6) is 0.223. The lowest BCUT2D eigenvalue weighted by molar-refractivity contribution is 0.0636. The van der Waals surface area contributed by atoms with Gasteiger partial charge in [-0.1, -0.05) is 0 Å². The van der Waals surface area contributed by atoms with Crippen molar-refractivity contribution in [3.63, 3.8) is 0 Å². The summed E-state index contributed by atoms with van der Waals surface area (Å²) >= 11 is 0. The van der Waals surface area contributed by atoms with Crippen LogP contribution in [0.4, 0.5) is 0 Å². The van der Waals surface area contributed by atoms with Crippen LogP contribution in [0.25, 0.3) is 11.4 Å². The molecule has 1 aliphatic heterocycles. The van der Waals surface area contributed by atoms with Gasteiger partial charge in [0, 0.05) is 67.3 Å². The van der Waals surface area contributed by atoms with Crippen LogP contribution in [0.5, 0.6) is 0 Å². The summed E-state index contributed by atoms with van der Waals surface area (Å²) in [5.41, 5.74) is 1.85. The van der Waals surface area contributed by atoms with Crippen molar-refractivity contribution in [2.45, 2.75) is 12.8 Å². The SMILES string of the molecule is O=C(c1cccnc1)[C@@H]1CCCN(C(=O)c2cnc(-c3ccncc3)nc2)C1. The molecule has 0 saturated carbocycles. The number of hydrogen-bond donors (Lipinski definition) is 0. The van der Waals surface area contributed by atoms with Crippen molar-refractivity contribution in [3.05, 3.63) is 72.6 Å². The van der Waals surface area contributed by atoms with Crippen molar-refractivity contribution >= 4 is 11.7 Å². The number of carbonyl (C=O) groups is 2. The zero-order valence-electron chi connectivity index (χ0n) is 15.2. The van der Waals surface area contributed by atoms with Crippen molar-refractivity contribution in [2.24, 2.45) is 5.92 Å². The van der Waals surface area contributed by atoms with Gasteiger partial charge in [-0.2, -0.15) is 0 Å². The highest BCUT2D eigenvalue weighted by atomic mass is 16.2. The number of nitrogens with zero attached hydrogens (tertiary/aromatic N) is 5. The maximum Gasteiger partial charge on any atom is 0.257 e. The molecule has 4 rings (SSSR count). The molecule has 0 spiro atoms. The molecule has 0 aromatic carbocycles. The first-order valence-corrected chi connectivity index (χ1v) is 9.18. The smallest absolute Gasteiger partial charge is 0.257 e. The molecule has 4 heterocycles. The average molecular weight is 373 g/mol. The average Bonchev–Trinajstić information content (AvgIpc) is 2.79. The molecule has 1 amide bonds. The second-order valence-corrected chi connectivity index (χ2v) is 6.73. The third-order valence-corrected chi connectivity index (χ3v) is 4.86.